The van der Waals surface area contributed by atoms with Crippen molar-refractivity contribution in [2.45, 2.75) is 59.4 Å². The molecular weight excluding hydrogens is 316 g/mol. The summed E-state index contributed by atoms with van der Waals surface area (Å²) in [6.07, 6.45) is 4.97. The van der Waals surface area contributed by atoms with E-state index in [4.69, 9.17) is 0 Å². The Labute approximate surface area is 160 Å². The molecule has 2 nitrogen and oxygen atoms in total. The molecule has 0 heterocycles. The fraction of sp³-hybridized carbons (Fsp3) is 0.500. The lowest BCUT2D eigenvalue weighted by atomic mass is 10.1. The van der Waals surface area contributed by atoms with Gasteiger partial charge in [0.1, 0.15) is 0 Å². The van der Waals surface area contributed by atoms with Crippen LogP contribution in [0.2, 0.25) is 0 Å². The molecule has 2 heteroatoms. The maximum absolute atomic E-state index is 2.55. The minimum absolute atomic E-state index is 0.713. The van der Waals surface area contributed by atoms with Crippen molar-refractivity contribution in [1.29, 1.82) is 0 Å². The van der Waals surface area contributed by atoms with E-state index in [1.54, 1.807) is 0 Å². The van der Waals surface area contributed by atoms with Crippen LogP contribution in [0.25, 0.3) is 0 Å². The molecule has 1 unspecified atom stereocenters. The van der Waals surface area contributed by atoms with Gasteiger partial charge in [0.2, 0.25) is 0 Å². The summed E-state index contributed by atoms with van der Waals surface area (Å²) in [5.41, 5.74) is 5.32. The van der Waals surface area contributed by atoms with Gasteiger partial charge >= 0.3 is 0 Å². The molecule has 2 aromatic carbocycles. The highest BCUT2D eigenvalue weighted by atomic mass is 15.2. The van der Waals surface area contributed by atoms with Crippen molar-refractivity contribution in [3.05, 3.63) is 59.7 Å². The van der Waals surface area contributed by atoms with Crippen molar-refractivity contribution in [3.8, 4) is 0 Å². The van der Waals surface area contributed by atoms with E-state index in [-0.39, 0.29) is 0 Å². The predicted octanol–water partition coefficient (Wildman–Crippen LogP) is 6.34. The number of nitrogens with zero attached hydrogens (tertiary/aromatic N) is 2. The van der Waals surface area contributed by atoms with E-state index in [2.05, 4.69) is 93.1 Å². The topological polar surface area (TPSA) is 6.48 Å². The summed E-state index contributed by atoms with van der Waals surface area (Å²) in [7, 11) is 2.29. The summed E-state index contributed by atoms with van der Waals surface area (Å²) in [5, 5.41) is 0. The van der Waals surface area contributed by atoms with Crippen LogP contribution >= 0.6 is 0 Å². The Kier molecular flexibility index (Phi) is 8.18. The highest BCUT2D eigenvalue weighted by molar-refractivity contribution is 5.68. The van der Waals surface area contributed by atoms with Crippen LogP contribution in [0.3, 0.4) is 0 Å². The van der Waals surface area contributed by atoms with E-state index in [0.29, 0.717) is 6.04 Å². The molecule has 0 aromatic heterocycles. The van der Waals surface area contributed by atoms with Crippen LogP contribution in [-0.4, -0.2) is 31.1 Å². The van der Waals surface area contributed by atoms with Gasteiger partial charge in [-0.3, -0.25) is 0 Å². The predicted molar refractivity (Wildman–Crippen MR) is 116 cm³/mol. The number of aryl methyl sites for hydroxylation is 2. The van der Waals surface area contributed by atoms with Crippen molar-refractivity contribution in [2.24, 2.45) is 0 Å². The molecule has 2 aromatic rings. The molecule has 0 N–H and O–H groups in total. The number of benzene rings is 2. The monoisotopic (exact) mass is 352 g/mol. The minimum atomic E-state index is 0.713. The molecule has 0 saturated heterocycles. The zero-order valence-corrected chi connectivity index (χ0v) is 17.3. The Balaban J connectivity index is 2.13. The Morgan fingerprint density at radius 3 is 1.81 bits per heavy atom. The quantitative estimate of drug-likeness (QED) is 0.492. The van der Waals surface area contributed by atoms with E-state index in [0.717, 1.165) is 13.1 Å². The largest absolute Gasteiger partial charge is 0.341 e. The van der Waals surface area contributed by atoms with Gasteiger partial charge in [-0.05, 0) is 70.0 Å². The molecule has 0 saturated carbocycles. The molecule has 26 heavy (non-hydrogen) atoms. The third-order valence-corrected chi connectivity index (χ3v) is 5.42. The lowest BCUT2D eigenvalue weighted by Crippen LogP contribution is -2.33. The molecule has 1 atom stereocenters. The van der Waals surface area contributed by atoms with Crippen LogP contribution in [0.4, 0.5) is 11.4 Å². The summed E-state index contributed by atoms with van der Waals surface area (Å²) in [6, 6.07) is 18.2. The van der Waals surface area contributed by atoms with Crippen molar-refractivity contribution in [3.63, 3.8) is 0 Å². The van der Waals surface area contributed by atoms with Gasteiger partial charge in [-0.25, -0.2) is 0 Å². The van der Waals surface area contributed by atoms with E-state index in [9.17, 15) is 0 Å². The van der Waals surface area contributed by atoms with E-state index in [1.807, 2.05) is 0 Å². The molecule has 0 aliphatic rings. The van der Waals surface area contributed by atoms with Gasteiger partial charge < -0.3 is 9.80 Å². The summed E-state index contributed by atoms with van der Waals surface area (Å²) in [5.74, 6) is 0. The van der Waals surface area contributed by atoms with Crippen molar-refractivity contribution in [1.82, 2.24) is 4.90 Å². The van der Waals surface area contributed by atoms with Crippen molar-refractivity contribution < 1.29 is 0 Å². The first-order valence-electron chi connectivity index (χ1n) is 10.2. The van der Waals surface area contributed by atoms with Crippen LogP contribution in [0.15, 0.2) is 48.5 Å². The Hall–Kier alpha value is -1.80. The first-order chi connectivity index (χ1) is 12.6. The van der Waals surface area contributed by atoms with Crippen LogP contribution in [0.1, 0.15) is 50.7 Å². The number of rotatable bonds is 10. The summed E-state index contributed by atoms with van der Waals surface area (Å²) >= 11 is 0. The van der Waals surface area contributed by atoms with E-state index >= 15 is 0 Å². The Morgan fingerprint density at radius 1 is 0.808 bits per heavy atom. The highest BCUT2D eigenvalue weighted by Crippen LogP contribution is 2.30. The average Bonchev–Trinajstić information content (AvgIpc) is 2.65. The number of hydrogen-bond acceptors (Lipinski definition) is 2. The van der Waals surface area contributed by atoms with Gasteiger partial charge in [0.15, 0.2) is 0 Å². The lowest BCUT2D eigenvalue weighted by molar-refractivity contribution is 0.221. The van der Waals surface area contributed by atoms with Crippen LogP contribution in [0, 0.1) is 13.8 Å². The van der Waals surface area contributed by atoms with Gasteiger partial charge in [0.05, 0.1) is 0 Å². The molecule has 0 spiro atoms. The zero-order valence-electron chi connectivity index (χ0n) is 17.3. The molecular formula is C24H36N2. The second-order valence-electron chi connectivity index (χ2n) is 7.41. The second kappa shape index (κ2) is 10.4. The first-order valence-corrected chi connectivity index (χ1v) is 10.2. The van der Waals surface area contributed by atoms with Gasteiger partial charge in [-0.1, -0.05) is 56.7 Å². The van der Waals surface area contributed by atoms with Gasteiger partial charge in [-0.15, -0.1) is 0 Å². The lowest BCUT2D eigenvalue weighted by Gasteiger charge is -2.31. The van der Waals surface area contributed by atoms with Gasteiger partial charge in [0, 0.05) is 24.0 Å². The number of hydrogen-bond donors (Lipinski definition) is 0. The molecule has 2 rings (SSSR count). The minimum Gasteiger partial charge on any atom is -0.341 e. The number of para-hydroxylation sites is 2. The maximum atomic E-state index is 2.55. The SMILES string of the molecule is CCCC(CC)N(C)CCCN(c1ccccc1C)c1ccccc1C. The molecule has 142 valence electrons. The molecule has 0 aliphatic heterocycles. The maximum Gasteiger partial charge on any atom is 0.0440 e. The average molecular weight is 353 g/mol. The highest BCUT2D eigenvalue weighted by Gasteiger charge is 2.15. The van der Waals surface area contributed by atoms with Crippen molar-refractivity contribution >= 4 is 11.4 Å². The standard InChI is InChI=1S/C24H36N2/c1-6-13-22(7-2)25(5)18-12-19-26(23-16-10-8-14-20(23)3)24-17-11-9-15-21(24)4/h8-11,14-17,22H,6-7,12-13,18-19H2,1-5H3. The normalized spacial score (nSPS) is 12.4. The molecule has 0 amide bonds. The molecule has 0 radical (unpaired) electrons. The van der Waals surface area contributed by atoms with Crippen LogP contribution in [-0.2, 0) is 0 Å². The Morgan fingerprint density at radius 2 is 1.35 bits per heavy atom. The fourth-order valence-electron chi connectivity index (χ4n) is 3.83. The zero-order chi connectivity index (χ0) is 18.9. The van der Waals surface area contributed by atoms with E-state index < -0.39 is 0 Å². The van der Waals surface area contributed by atoms with Crippen LogP contribution < -0.4 is 4.90 Å². The molecule has 0 aliphatic carbocycles. The van der Waals surface area contributed by atoms with Crippen LogP contribution in [0.5, 0.6) is 0 Å². The Bertz CT molecular complexity index is 619. The fourth-order valence-corrected chi connectivity index (χ4v) is 3.83. The number of anilines is 2. The summed E-state index contributed by atoms with van der Waals surface area (Å²) < 4.78 is 0. The smallest absolute Gasteiger partial charge is 0.0440 e. The van der Waals surface area contributed by atoms with Crippen molar-refractivity contribution in [2.75, 3.05) is 25.0 Å². The summed E-state index contributed by atoms with van der Waals surface area (Å²) in [4.78, 5) is 5.05. The van der Waals surface area contributed by atoms with E-state index in [1.165, 1.54) is 48.2 Å². The van der Waals surface area contributed by atoms with Gasteiger partial charge in [0.25, 0.3) is 0 Å². The molecule has 0 fully saturated rings. The third-order valence-electron chi connectivity index (χ3n) is 5.42. The molecule has 0 bridgehead atoms. The summed E-state index contributed by atoms with van der Waals surface area (Å²) in [6.45, 7) is 11.2. The first kappa shape index (κ1) is 20.5. The van der Waals surface area contributed by atoms with Gasteiger partial charge in [-0.2, -0.15) is 0 Å². The third kappa shape index (κ3) is 5.35. The second-order valence-corrected chi connectivity index (χ2v) is 7.41.